The molecule has 0 aliphatic rings. The van der Waals surface area contributed by atoms with E-state index in [4.69, 9.17) is 0 Å². The molecule has 0 unspecified atom stereocenters. The van der Waals surface area contributed by atoms with Crippen molar-refractivity contribution in [3.8, 4) is 0 Å². The average molecular weight is 336 g/mol. The highest BCUT2D eigenvalue weighted by Crippen LogP contribution is 2.29. The highest BCUT2D eigenvalue weighted by atomic mass is 19.4. The van der Waals surface area contributed by atoms with Gasteiger partial charge in [0.05, 0.1) is 5.56 Å². The Morgan fingerprint density at radius 1 is 0.833 bits per heavy atom. The van der Waals surface area contributed by atoms with Crippen LogP contribution >= 0.6 is 0 Å². The van der Waals surface area contributed by atoms with Gasteiger partial charge in [-0.3, -0.25) is 9.59 Å². The summed E-state index contributed by atoms with van der Waals surface area (Å²) in [5.41, 5.74) is 0.981. The summed E-state index contributed by atoms with van der Waals surface area (Å²) in [5, 5.41) is 4.95. The van der Waals surface area contributed by atoms with Gasteiger partial charge in [-0.05, 0) is 43.3 Å². The van der Waals surface area contributed by atoms with E-state index in [1.807, 2.05) is 19.1 Å². The molecular weight excluding hydrogens is 321 g/mol. The van der Waals surface area contributed by atoms with E-state index in [0.717, 1.165) is 29.8 Å². The van der Waals surface area contributed by atoms with E-state index >= 15 is 0 Å². The van der Waals surface area contributed by atoms with Crippen LogP contribution in [-0.4, -0.2) is 11.8 Å². The van der Waals surface area contributed by atoms with E-state index in [0.29, 0.717) is 5.69 Å². The van der Waals surface area contributed by atoms with Crippen LogP contribution in [0.1, 0.15) is 17.5 Å². The maximum Gasteiger partial charge on any atom is 0.416 e. The molecule has 2 aromatic rings. The number of hydrogen-bond acceptors (Lipinski definition) is 2. The van der Waals surface area contributed by atoms with Crippen molar-refractivity contribution in [3.05, 3.63) is 59.7 Å². The lowest BCUT2D eigenvalue weighted by molar-refractivity contribution is -0.137. The van der Waals surface area contributed by atoms with Gasteiger partial charge in [-0.15, -0.1) is 0 Å². The number of aryl methyl sites for hydroxylation is 1. The number of carbonyl (C=O) groups is 2. The Kier molecular flexibility index (Phi) is 5.23. The number of carbonyl (C=O) groups excluding carboxylic acids is 2. The first kappa shape index (κ1) is 17.5. The van der Waals surface area contributed by atoms with Crippen molar-refractivity contribution in [1.29, 1.82) is 0 Å². The van der Waals surface area contributed by atoms with Gasteiger partial charge < -0.3 is 10.6 Å². The van der Waals surface area contributed by atoms with Crippen LogP contribution < -0.4 is 10.6 Å². The smallest absolute Gasteiger partial charge is 0.326 e. The molecule has 0 atom stereocenters. The number of nitrogens with one attached hydrogen (secondary N) is 2. The molecule has 2 N–H and O–H groups in total. The molecule has 0 saturated carbocycles. The molecule has 0 bridgehead atoms. The van der Waals surface area contributed by atoms with Crippen LogP contribution in [0, 0.1) is 6.92 Å². The maximum atomic E-state index is 12.4. The molecule has 0 aliphatic heterocycles. The topological polar surface area (TPSA) is 58.2 Å². The monoisotopic (exact) mass is 336 g/mol. The summed E-state index contributed by atoms with van der Waals surface area (Å²) >= 11 is 0. The number of amides is 2. The Hall–Kier alpha value is -2.83. The fourth-order valence-electron chi connectivity index (χ4n) is 1.94. The first-order chi connectivity index (χ1) is 11.2. The minimum Gasteiger partial charge on any atom is -0.326 e. The molecule has 2 rings (SSSR count). The molecule has 0 fully saturated rings. The summed E-state index contributed by atoms with van der Waals surface area (Å²) < 4.78 is 37.3. The van der Waals surface area contributed by atoms with Gasteiger partial charge in [0.15, 0.2) is 0 Å². The Labute approximate surface area is 136 Å². The van der Waals surface area contributed by atoms with Gasteiger partial charge in [0.2, 0.25) is 11.8 Å². The lowest BCUT2D eigenvalue weighted by atomic mass is 10.2. The van der Waals surface area contributed by atoms with E-state index in [9.17, 15) is 22.8 Å². The predicted molar refractivity (Wildman–Crippen MR) is 84.5 cm³/mol. The minimum absolute atomic E-state index is 0.191. The zero-order chi connectivity index (χ0) is 17.7. The molecule has 4 nitrogen and oxygen atoms in total. The molecule has 0 saturated heterocycles. The summed E-state index contributed by atoms with van der Waals surface area (Å²) in [6.07, 6.45) is -4.87. The van der Waals surface area contributed by atoms with Crippen molar-refractivity contribution in [2.24, 2.45) is 0 Å². The molecule has 0 heterocycles. The summed E-state index contributed by atoms with van der Waals surface area (Å²) in [7, 11) is 0. The maximum absolute atomic E-state index is 12.4. The van der Waals surface area contributed by atoms with Crippen LogP contribution in [0.15, 0.2) is 48.5 Å². The molecule has 0 spiro atoms. The van der Waals surface area contributed by atoms with Crippen molar-refractivity contribution in [3.63, 3.8) is 0 Å². The van der Waals surface area contributed by atoms with Gasteiger partial charge in [-0.1, -0.05) is 17.7 Å². The van der Waals surface area contributed by atoms with Crippen LogP contribution in [0.5, 0.6) is 0 Å². The second-order valence-electron chi connectivity index (χ2n) is 5.21. The third-order valence-corrected chi connectivity index (χ3v) is 3.15. The van der Waals surface area contributed by atoms with Crippen LogP contribution in [0.2, 0.25) is 0 Å². The van der Waals surface area contributed by atoms with Crippen LogP contribution in [0.25, 0.3) is 0 Å². The van der Waals surface area contributed by atoms with E-state index in [2.05, 4.69) is 10.6 Å². The zero-order valence-electron chi connectivity index (χ0n) is 12.8. The third-order valence-electron chi connectivity index (χ3n) is 3.15. The number of alkyl halides is 3. The highest BCUT2D eigenvalue weighted by Gasteiger charge is 2.30. The van der Waals surface area contributed by atoms with Crippen molar-refractivity contribution < 1.29 is 22.8 Å². The Morgan fingerprint density at radius 3 is 1.67 bits per heavy atom. The van der Waals surface area contributed by atoms with Gasteiger partial charge in [0.25, 0.3) is 0 Å². The van der Waals surface area contributed by atoms with Crippen molar-refractivity contribution in [2.45, 2.75) is 19.5 Å². The quantitative estimate of drug-likeness (QED) is 0.830. The zero-order valence-corrected chi connectivity index (χ0v) is 12.8. The summed E-state index contributed by atoms with van der Waals surface area (Å²) in [6, 6.07) is 11.1. The molecule has 126 valence electrons. The molecule has 24 heavy (non-hydrogen) atoms. The number of benzene rings is 2. The SMILES string of the molecule is Cc1ccc(NC(=O)CC(=O)Nc2ccc(C(F)(F)F)cc2)cc1. The number of halogens is 3. The van der Waals surface area contributed by atoms with Crippen molar-refractivity contribution in [2.75, 3.05) is 10.6 Å². The molecule has 0 aliphatic carbocycles. The third kappa shape index (κ3) is 5.12. The lowest BCUT2D eigenvalue weighted by Crippen LogP contribution is -2.21. The second kappa shape index (κ2) is 7.16. The fraction of sp³-hybridized carbons (Fsp3) is 0.176. The van der Waals surface area contributed by atoms with Crippen LogP contribution in [-0.2, 0) is 15.8 Å². The first-order valence-corrected chi connectivity index (χ1v) is 7.08. The Morgan fingerprint density at radius 2 is 1.25 bits per heavy atom. The predicted octanol–water partition coefficient (Wildman–Crippen LogP) is 3.98. The number of hydrogen-bond donors (Lipinski definition) is 2. The van der Waals surface area contributed by atoms with E-state index in [1.54, 1.807) is 12.1 Å². The summed E-state index contributed by atoms with van der Waals surface area (Å²) in [4.78, 5) is 23.5. The van der Waals surface area contributed by atoms with Gasteiger partial charge in [0, 0.05) is 11.4 Å². The normalized spacial score (nSPS) is 11.0. The van der Waals surface area contributed by atoms with E-state index in [1.165, 1.54) is 0 Å². The van der Waals surface area contributed by atoms with E-state index in [-0.39, 0.29) is 5.69 Å². The summed E-state index contributed by atoms with van der Waals surface area (Å²) in [5.74, 6) is -1.12. The fourth-order valence-corrected chi connectivity index (χ4v) is 1.94. The van der Waals surface area contributed by atoms with Gasteiger partial charge in [0.1, 0.15) is 6.42 Å². The molecular formula is C17H15F3N2O2. The second-order valence-corrected chi connectivity index (χ2v) is 5.21. The van der Waals surface area contributed by atoms with Crippen LogP contribution in [0.4, 0.5) is 24.5 Å². The van der Waals surface area contributed by atoms with E-state index < -0.39 is 30.0 Å². The standard InChI is InChI=1S/C17H15F3N2O2/c1-11-2-6-13(7-3-11)21-15(23)10-16(24)22-14-8-4-12(5-9-14)17(18,19)20/h2-9H,10H2,1H3,(H,21,23)(H,22,24). The highest BCUT2D eigenvalue weighted by molar-refractivity contribution is 6.08. The van der Waals surface area contributed by atoms with Crippen LogP contribution in [0.3, 0.4) is 0 Å². The largest absolute Gasteiger partial charge is 0.416 e. The Balaban J connectivity index is 1.88. The first-order valence-electron chi connectivity index (χ1n) is 7.08. The molecule has 7 heteroatoms. The molecule has 0 aromatic heterocycles. The number of anilines is 2. The number of rotatable bonds is 4. The van der Waals surface area contributed by atoms with Gasteiger partial charge in [-0.2, -0.15) is 13.2 Å². The molecule has 0 radical (unpaired) electrons. The average Bonchev–Trinajstić information content (AvgIpc) is 2.49. The molecule has 2 aromatic carbocycles. The minimum atomic E-state index is -4.43. The molecule has 2 amide bonds. The van der Waals surface area contributed by atoms with Gasteiger partial charge >= 0.3 is 6.18 Å². The van der Waals surface area contributed by atoms with Crippen molar-refractivity contribution >= 4 is 23.2 Å². The van der Waals surface area contributed by atoms with Crippen molar-refractivity contribution in [1.82, 2.24) is 0 Å². The Bertz CT molecular complexity index is 723. The summed E-state index contributed by atoms with van der Waals surface area (Å²) in [6.45, 7) is 1.91. The van der Waals surface area contributed by atoms with Gasteiger partial charge in [-0.25, -0.2) is 0 Å². The lowest BCUT2D eigenvalue weighted by Gasteiger charge is -2.09.